The van der Waals surface area contributed by atoms with E-state index in [4.69, 9.17) is 180 Å². The van der Waals surface area contributed by atoms with Crippen molar-refractivity contribution in [2.45, 2.75) is 13.8 Å². The van der Waals surface area contributed by atoms with Crippen LogP contribution in [-0.4, -0.2) is 196 Å². The van der Waals surface area contributed by atoms with E-state index in [1.54, 1.807) is 0 Å². The van der Waals surface area contributed by atoms with Crippen molar-refractivity contribution in [3.8, 4) is 0 Å². The minimum atomic E-state index is -1.83. The first kappa shape index (κ1) is 83.7. The lowest BCUT2D eigenvalue weighted by Crippen LogP contribution is -1.81. The molecule has 0 saturated carbocycles. The zero-order valence-corrected chi connectivity index (χ0v) is 23.6. The van der Waals surface area contributed by atoms with Gasteiger partial charge >= 0.3 is 73.9 Å². The predicted molar refractivity (Wildman–Crippen MR) is 139 cm³/mol. The Balaban J connectivity index is -0.0000000270. The molecule has 0 unspecified atom stereocenters. The topological polar surface area (TPSA) is 690 Å². The summed E-state index contributed by atoms with van der Waals surface area (Å²) in [7, 11) is 0. The van der Waals surface area contributed by atoms with Crippen LogP contribution in [0.2, 0.25) is 0 Å². The van der Waals surface area contributed by atoms with Crippen molar-refractivity contribution in [1.82, 2.24) is 0 Å². The van der Waals surface area contributed by atoms with Crippen LogP contribution in [0.1, 0.15) is 13.8 Å². The summed E-state index contributed by atoms with van der Waals surface area (Å²) in [5, 5.41) is 167. The maximum atomic E-state index is 8.56. The summed E-state index contributed by atoms with van der Waals surface area (Å²) in [6.07, 6.45) is -22.0. The quantitative estimate of drug-likeness (QED) is 0.167. The molecule has 0 bridgehead atoms. The Labute approximate surface area is 269 Å². The Morgan fingerprint density at radius 1 is 0.160 bits per heavy atom. The van der Waals surface area contributed by atoms with Crippen LogP contribution in [0.5, 0.6) is 0 Å². The van der Waals surface area contributed by atoms with Crippen molar-refractivity contribution in [2.24, 2.45) is 0 Å². The summed E-state index contributed by atoms with van der Waals surface area (Å²) in [5.41, 5.74) is 0. The molecule has 0 heterocycles. The second kappa shape index (κ2) is 83.5. The molecule has 0 saturated heterocycles. The van der Waals surface area contributed by atoms with E-state index in [0.717, 1.165) is 0 Å². The second-order valence-corrected chi connectivity index (χ2v) is 3.39. The van der Waals surface area contributed by atoms with Gasteiger partial charge in [0.25, 0.3) is 0 Å². The minimum Gasteiger partial charge on any atom is -0.450 e. The highest BCUT2D eigenvalue weighted by Crippen LogP contribution is 1.47. The fraction of sp³-hybridized carbons (Fsp3) is 0.143. The van der Waals surface area contributed by atoms with Gasteiger partial charge in [-0.1, -0.05) is 13.8 Å². The zero-order valence-electron chi connectivity index (χ0n) is 23.6. The minimum absolute atomic E-state index is 1.83. The number of hydrogen-bond donors (Lipinski definition) is 24. The monoisotopic (exact) mass is 774 g/mol. The van der Waals surface area contributed by atoms with E-state index in [0.29, 0.717) is 0 Å². The van der Waals surface area contributed by atoms with Gasteiger partial charge in [0, 0.05) is 0 Å². The molecule has 0 aromatic rings. The van der Waals surface area contributed by atoms with Gasteiger partial charge in [0.15, 0.2) is 0 Å². The molecule has 0 aromatic heterocycles. The summed E-state index contributed by atoms with van der Waals surface area (Å²) in [5.74, 6) is 0. The van der Waals surface area contributed by atoms with Gasteiger partial charge in [0.2, 0.25) is 0 Å². The first-order valence-electron chi connectivity index (χ1n) is 8.82. The first-order chi connectivity index (χ1) is 21.8. The van der Waals surface area contributed by atoms with Gasteiger partial charge in [-0.05, 0) is 0 Å². The fourth-order valence-corrected chi connectivity index (χ4v) is 0. The van der Waals surface area contributed by atoms with E-state index in [1.807, 2.05) is 13.8 Å². The molecule has 36 nitrogen and oxygen atoms in total. The third-order valence-electron chi connectivity index (χ3n) is 0. The average Bonchev–Trinajstić information content (AvgIpc) is 2.69. The molecular weight excluding hydrogens is 744 g/mol. The standard InChI is InChI=1S/C2H6.12CH2O3/c1-2;12*2-1(3)4/h1-2H3;12*(H2,2,3,4). The lowest BCUT2D eigenvalue weighted by molar-refractivity contribution is 0.135. The van der Waals surface area contributed by atoms with Crippen molar-refractivity contribution >= 4 is 73.9 Å². The Bertz CT molecular complexity index is 577. The average molecular weight is 774 g/mol. The number of carbonyl (C=O) groups is 12. The summed E-state index contributed by atoms with van der Waals surface area (Å²) in [6.45, 7) is 4.00. The van der Waals surface area contributed by atoms with E-state index >= 15 is 0 Å². The van der Waals surface area contributed by atoms with Gasteiger partial charge < -0.3 is 123 Å². The van der Waals surface area contributed by atoms with E-state index in [1.165, 1.54) is 0 Å². The Morgan fingerprint density at radius 3 is 0.160 bits per heavy atom. The summed E-state index contributed by atoms with van der Waals surface area (Å²) < 4.78 is 0. The van der Waals surface area contributed by atoms with Crippen LogP contribution in [0, 0.1) is 0 Å². The SMILES string of the molecule is CC.O=C(O)O.O=C(O)O.O=C(O)O.O=C(O)O.O=C(O)O.O=C(O)O.O=C(O)O.O=C(O)O.O=C(O)O.O=C(O)O.O=C(O)O.O=C(O)O. The van der Waals surface area contributed by atoms with E-state index < -0.39 is 73.9 Å². The van der Waals surface area contributed by atoms with E-state index in [2.05, 4.69) is 0 Å². The molecule has 302 valence electrons. The van der Waals surface area contributed by atoms with Crippen molar-refractivity contribution < 1.29 is 180 Å². The van der Waals surface area contributed by atoms with Crippen LogP contribution in [0.4, 0.5) is 57.5 Å². The van der Waals surface area contributed by atoms with Gasteiger partial charge in [0.05, 0.1) is 0 Å². The molecule has 0 aromatic carbocycles. The van der Waals surface area contributed by atoms with Gasteiger partial charge in [0.1, 0.15) is 0 Å². The molecule has 36 heteroatoms. The Hall–Kier alpha value is -8.76. The number of rotatable bonds is 0. The molecule has 0 atom stereocenters. The van der Waals surface area contributed by atoms with Gasteiger partial charge in [-0.15, -0.1) is 0 Å². The highest BCUT2D eigenvalue weighted by Gasteiger charge is 1.74. The lowest BCUT2D eigenvalue weighted by Gasteiger charge is -1.60. The van der Waals surface area contributed by atoms with Gasteiger partial charge in [-0.25, -0.2) is 57.5 Å². The maximum absolute atomic E-state index is 8.56. The fourth-order valence-electron chi connectivity index (χ4n) is 0. The molecule has 0 aliphatic carbocycles. The van der Waals surface area contributed by atoms with Crippen molar-refractivity contribution in [2.75, 3.05) is 0 Å². The molecule has 24 N–H and O–H groups in total. The molecule has 0 amide bonds. The van der Waals surface area contributed by atoms with Gasteiger partial charge in [-0.3, -0.25) is 0 Å². The molecule has 50 heavy (non-hydrogen) atoms. The van der Waals surface area contributed by atoms with Crippen molar-refractivity contribution in [3.63, 3.8) is 0 Å². The van der Waals surface area contributed by atoms with Crippen LogP contribution in [0.3, 0.4) is 0 Å². The molecule has 0 aliphatic rings. The largest absolute Gasteiger partial charge is 0.503 e. The van der Waals surface area contributed by atoms with Crippen molar-refractivity contribution in [3.05, 3.63) is 0 Å². The molecule has 0 aliphatic heterocycles. The van der Waals surface area contributed by atoms with E-state index in [-0.39, 0.29) is 0 Å². The Morgan fingerprint density at radius 2 is 0.160 bits per heavy atom. The van der Waals surface area contributed by atoms with Gasteiger partial charge in [-0.2, -0.15) is 0 Å². The first-order valence-corrected chi connectivity index (χ1v) is 8.82. The van der Waals surface area contributed by atoms with Crippen LogP contribution in [0.25, 0.3) is 0 Å². The third-order valence-corrected chi connectivity index (χ3v) is 0. The normalized spacial score (nSPS) is 5.88. The van der Waals surface area contributed by atoms with Crippen LogP contribution in [-0.2, 0) is 0 Å². The predicted octanol–water partition coefficient (Wildman–Crippen LogP) is 3.70. The van der Waals surface area contributed by atoms with E-state index in [9.17, 15) is 0 Å². The summed E-state index contributed by atoms with van der Waals surface area (Å²) in [4.78, 5) is 103. The lowest BCUT2D eigenvalue weighted by atomic mass is 11.0. The second-order valence-electron chi connectivity index (χ2n) is 3.39. The molecule has 0 spiro atoms. The highest BCUT2D eigenvalue weighted by atomic mass is 16.6. The van der Waals surface area contributed by atoms with Crippen molar-refractivity contribution in [1.29, 1.82) is 0 Å². The summed E-state index contributed by atoms with van der Waals surface area (Å²) >= 11 is 0. The van der Waals surface area contributed by atoms with Crippen LogP contribution in [0.15, 0.2) is 0 Å². The Kier molecular flexibility index (Phi) is 140. The smallest absolute Gasteiger partial charge is 0.450 e. The molecule has 0 rings (SSSR count). The van der Waals surface area contributed by atoms with Crippen LogP contribution >= 0.6 is 0 Å². The highest BCUT2D eigenvalue weighted by molar-refractivity contribution is 5.55. The number of hydrogen-bond acceptors (Lipinski definition) is 12. The maximum Gasteiger partial charge on any atom is 0.503 e. The zero-order chi connectivity index (χ0) is 44.9. The summed E-state index contributed by atoms with van der Waals surface area (Å²) in [6, 6.07) is 0. The number of carboxylic acid groups (broad SMARTS) is 24. The molecular formula is C14H30O36. The molecule has 0 radical (unpaired) electrons. The molecule has 0 fully saturated rings. The third kappa shape index (κ3) is 748. The van der Waals surface area contributed by atoms with Crippen LogP contribution < -0.4 is 0 Å².